The van der Waals surface area contributed by atoms with Gasteiger partial charge >= 0.3 is 0 Å². The molecule has 0 atom stereocenters. The van der Waals surface area contributed by atoms with E-state index in [1.807, 2.05) is 0 Å². The number of H-pyrrole nitrogens is 1. The third kappa shape index (κ3) is 6.01. The molecule has 11 nitrogen and oxygen atoms in total. The van der Waals surface area contributed by atoms with Crippen LogP contribution in [0, 0.1) is 5.82 Å². The largest absolute Gasteiger partial charge is 0.369 e. The molecule has 0 aliphatic carbocycles. The maximum Gasteiger partial charge on any atom is 0.254 e. The van der Waals surface area contributed by atoms with Gasteiger partial charge in [0.05, 0.1) is 23.3 Å². The first kappa shape index (κ1) is 25.6. The van der Waals surface area contributed by atoms with E-state index in [2.05, 4.69) is 30.2 Å². The third-order valence-corrected chi connectivity index (χ3v) is 6.78. The van der Waals surface area contributed by atoms with Crippen LogP contribution in [0.1, 0.15) is 22.8 Å². The Labute approximate surface area is 213 Å². The molecule has 13 heteroatoms. The van der Waals surface area contributed by atoms with Crippen LogP contribution in [0.5, 0.6) is 0 Å². The van der Waals surface area contributed by atoms with Gasteiger partial charge in [-0.05, 0) is 36.8 Å². The van der Waals surface area contributed by atoms with Crippen LogP contribution in [0.4, 0.5) is 27.4 Å². The molecule has 4 aromatic rings. The molecule has 2 heterocycles. The van der Waals surface area contributed by atoms with Crippen LogP contribution < -0.4 is 20.7 Å². The number of hydrogen-bond acceptors (Lipinski definition) is 8. The van der Waals surface area contributed by atoms with Crippen molar-refractivity contribution in [3.63, 3.8) is 0 Å². The van der Waals surface area contributed by atoms with Crippen molar-refractivity contribution in [2.24, 2.45) is 5.73 Å². The second-order valence-electron chi connectivity index (χ2n) is 8.12. The molecule has 1 amide bonds. The van der Waals surface area contributed by atoms with Crippen molar-refractivity contribution in [3.8, 4) is 11.3 Å². The molecule has 0 saturated carbocycles. The van der Waals surface area contributed by atoms with Gasteiger partial charge in [0, 0.05) is 31.5 Å². The van der Waals surface area contributed by atoms with E-state index < -0.39 is 15.9 Å². The maximum absolute atomic E-state index is 13.4. The van der Waals surface area contributed by atoms with Crippen molar-refractivity contribution >= 4 is 38.9 Å². The molecule has 0 saturated heterocycles. The van der Waals surface area contributed by atoms with Crippen molar-refractivity contribution in [1.82, 2.24) is 20.2 Å². The second-order valence-corrected chi connectivity index (χ2v) is 10.1. The normalized spacial score (nSPS) is 11.2. The van der Waals surface area contributed by atoms with Crippen LogP contribution >= 0.6 is 0 Å². The van der Waals surface area contributed by atoms with Crippen molar-refractivity contribution in [3.05, 3.63) is 78.0 Å². The van der Waals surface area contributed by atoms with Gasteiger partial charge in [-0.25, -0.2) is 17.8 Å². The van der Waals surface area contributed by atoms with Gasteiger partial charge in [0.2, 0.25) is 10.0 Å². The summed E-state index contributed by atoms with van der Waals surface area (Å²) in [6, 6.07) is 10.9. The van der Waals surface area contributed by atoms with E-state index in [1.54, 1.807) is 42.3 Å². The van der Waals surface area contributed by atoms with Crippen LogP contribution in [-0.4, -0.2) is 47.3 Å². The molecule has 0 radical (unpaired) electrons. The number of primary amides is 1. The Morgan fingerprint density at radius 1 is 1.16 bits per heavy atom. The quantitative estimate of drug-likeness (QED) is 0.246. The van der Waals surface area contributed by atoms with Crippen molar-refractivity contribution in [1.29, 1.82) is 0 Å². The Balaban J connectivity index is 1.76. The van der Waals surface area contributed by atoms with Gasteiger partial charge in [-0.1, -0.05) is 18.2 Å². The van der Waals surface area contributed by atoms with Gasteiger partial charge in [-0.2, -0.15) is 5.10 Å². The number of aromatic nitrogens is 4. The number of hydrogen-bond donors (Lipinski definition) is 4. The van der Waals surface area contributed by atoms with Crippen LogP contribution in [0.3, 0.4) is 0 Å². The van der Waals surface area contributed by atoms with Crippen molar-refractivity contribution in [2.45, 2.75) is 13.5 Å². The highest BCUT2D eigenvalue weighted by molar-refractivity contribution is 7.92. The van der Waals surface area contributed by atoms with Crippen LogP contribution in [0.2, 0.25) is 0 Å². The van der Waals surface area contributed by atoms with Gasteiger partial charge < -0.3 is 16.0 Å². The predicted molar refractivity (Wildman–Crippen MR) is 139 cm³/mol. The van der Waals surface area contributed by atoms with Gasteiger partial charge in [-0.3, -0.25) is 19.6 Å². The monoisotopic (exact) mass is 524 g/mol. The van der Waals surface area contributed by atoms with E-state index in [-0.39, 0.29) is 28.6 Å². The zero-order valence-electron chi connectivity index (χ0n) is 20.1. The number of rotatable bonds is 10. The average molecular weight is 525 g/mol. The first-order valence-electron chi connectivity index (χ1n) is 11.2. The number of carbonyl (C=O) groups is 1. The lowest BCUT2D eigenvalue weighted by atomic mass is 10.0. The lowest BCUT2D eigenvalue weighted by Crippen LogP contribution is -2.21. The third-order valence-electron chi connectivity index (χ3n) is 5.49. The Bertz CT molecular complexity index is 1510. The number of nitrogens with two attached hydrogens (primary N) is 1. The summed E-state index contributed by atoms with van der Waals surface area (Å²) >= 11 is 0. The fourth-order valence-corrected chi connectivity index (χ4v) is 4.29. The molecule has 5 N–H and O–H groups in total. The molecule has 0 aliphatic rings. The Hall–Kier alpha value is -4.52. The molecule has 0 bridgehead atoms. The summed E-state index contributed by atoms with van der Waals surface area (Å²) in [5, 5.41) is 9.99. The summed E-state index contributed by atoms with van der Waals surface area (Å²) in [4.78, 5) is 22.3. The number of sulfonamides is 1. The van der Waals surface area contributed by atoms with Gasteiger partial charge in [0.15, 0.2) is 0 Å². The highest BCUT2D eigenvalue weighted by Crippen LogP contribution is 2.35. The first-order chi connectivity index (χ1) is 17.7. The zero-order valence-corrected chi connectivity index (χ0v) is 20.9. The summed E-state index contributed by atoms with van der Waals surface area (Å²) < 4.78 is 40.6. The van der Waals surface area contributed by atoms with Gasteiger partial charge in [-0.15, -0.1) is 0 Å². The smallest absolute Gasteiger partial charge is 0.254 e. The number of carbonyl (C=O) groups excluding carboxylic acids is 1. The molecule has 4 rings (SSSR count). The number of aromatic amines is 1. The van der Waals surface area contributed by atoms with Gasteiger partial charge in [0.1, 0.15) is 28.7 Å². The van der Waals surface area contributed by atoms with E-state index >= 15 is 0 Å². The minimum absolute atomic E-state index is 0.0969. The molecular formula is C24H25FN8O3S. The van der Waals surface area contributed by atoms with Crippen LogP contribution in [-0.2, 0) is 16.6 Å². The fourth-order valence-electron chi connectivity index (χ4n) is 3.64. The molecule has 0 unspecified atom stereocenters. The summed E-state index contributed by atoms with van der Waals surface area (Å²) in [6.07, 6.45) is 4.47. The summed E-state index contributed by atoms with van der Waals surface area (Å²) in [6.45, 7) is 1.89. The SMILES string of the molecule is CCS(=O)(=O)Nc1ccc(-c2n[nH]c(Nc3cnccn3)c2C(N)=O)cc1N(C)Cc1ccc(F)cc1. The number of nitrogens with zero attached hydrogens (tertiary/aromatic N) is 4. The summed E-state index contributed by atoms with van der Waals surface area (Å²) in [5.74, 6) is -0.581. The molecule has 0 aliphatic heterocycles. The standard InChI is InChI=1S/C24H25FN8O3S/c1-3-37(35,36)32-18-9-6-16(12-19(18)33(2)14-15-4-7-17(25)8-5-15)22-21(23(26)34)24(31-30-22)29-20-13-27-10-11-28-20/h4-13,32H,3,14H2,1-2H3,(H2,26,34)(H2,28,29,30,31). The first-order valence-corrected chi connectivity index (χ1v) is 12.8. The Morgan fingerprint density at radius 2 is 1.92 bits per heavy atom. The van der Waals surface area contributed by atoms with E-state index in [1.165, 1.54) is 37.6 Å². The molecule has 37 heavy (non-hydrogen) atoms. The van der Waals surface area contributed by atoms with E-state index in [0.29, 0.717) is 29.3 Å². The topological polar surface area (TPSA) is 159 Å². The predicted octanol–water partition coefficient (Wildman–Crippen LogP) is 3.25. The Kier molecular flexibility index (Phi) is 7.34. The zero-order chi connectivity index (χ0) is 26.6. The molecule has 0 fully saturated rings. The van der Waals surface area contributed by atoms with E-state index in [0.717, 1.165) is 5.56 Å². The molecule has 0 spiro atoms. The number of benzene rings is 2. The highest BCUT2D eigenvalue weighted by Gasteiger charge is 2.22. The second kappa shape index (κ2) is 10.6. The van der Waals surface area contributed by atoms with Crippen molar-refractivity contribution in [2.75, 3.05) is 27.7 Å². The lowest BCUT2D eigenvalue weighted by molar-refractivity contribution is 0.100. The number of nitrogens with one attached hydrogen (secondary N) is 3. The van der Waals surface area contributed by atoms with Crippen molar-refractivity contribution < 1.29 is 17.6 Å². The van der Waals surface area contributed by atoms with Crippen LogP contribution in [0.25, 0.3) is 11.3 Å². The molecular weight excluding hydrogens is 499 g/mol. The van der Waals surface area contributed by atoms with Gasteiger partial charge in [0.25, 0.3) is 5.91 Å². The summed E-state index contributed by atoms with van der Waals surface area (Å²) in [5.41, 5.74) is 8.22. The molecule has 192 valence electrons. The Morgan fingerprint density at radius 3 is 2.57 bits per heavy atom. The molecule has 2 aromatic carbocycles. The minimum atomic E-state index is -3.58. The summed E-state index contributed by atoms with van der Waals surface area (Å²) in [7, 11) is -1.81. The highest BCUT2D eigenvalue weighted by atomic mass is 32.2. The van der Waals surface area contributed by atoms with Crippen LogP contribution in [0.15, 0.2) is 61.1 Å². The molecule has 2 aromatic heterocycles. The average Bonchev–Trinajstić information content (AvgIpc) is 3.30. The van der Waals surface area contributed by atoms with E-state index in [9.17, 15) is 17.6 Å². The number of anilines is 4. The number of halogens is 1. The lowest BCUT2D eigenvalue weighted by Gasteiger charge is -2.24. The fraction of sp³-hybridized carbons (Fsp3) is 0.167. The van der Waals surface area contributed by atoms with E-state index in [4.69, 9.17) is 5.73 Å². The number of amides is 1. The minimum Gasteiger partial charge on any atom is -0.369 e. The maximum atomic E-state index is 13.4.